The fourth-order valence-corrected chi connectivity index (χ4v) is 4.48. The Balaban J connectivity index is 1.40. The van der Waals surface area contributed by atoms with Crippen molar-refractivity contribution in [1.29, 1.82) is 0 Å². The number of fused-ring (bicyclic) bond motifs is 2. The van der Waals surface area contributed by atoms with Gasteiger partial charge in [-0.2, -0.15) is 23.0 Å². The summed E-state index contributed by atoms with van der Waals surface area (Å²) in [6.45, 7) is 7.28. The highest BCUT2D eigenvalue weighted by atomic mass is 19.4. The number of aromatic amines is 1. The average molecular weight is 544 g/mol. The molecule has 4 heterocycles. The highest BCUT2D eigenvalue weighted by Gasteiger charge is 2.51. The number of nitrogens with one attached hydrogen (secondary N) is 2. The van der Waals surface area contributed by atoms with E-state index in [1.165, 1.54) is 6.33 Å². The maximum atomic E-state index is 13.3. The molecule has 0 aromatic carbocycles. The van der Waals surface area contributed by atoms with Crippen LogP contribution in [-0.4, -0.2) is 63.6 Å². The zero-order valence-electron chi connectivity index (χ0n) is 22.1. The normalized spacial score (nSPS) is 16.0. The summed E-state index contributed by atoms with van der Waals surface area (Å²) >= 11 is 0. The van der Waals surface area contributed by atoms with Gasteiger partial charge in [0.15, 0.2) is 11.5 Å². The molecule has 0 spiro atoms. The molecule has 0 amide bonds. The van der Waals surface area contributed by atoms with E-state index >= 15 is 0 Å². The van der Waals surface area contributed by atoms with Crippen molar-refractivity contribution in [3.63, 3.8) is 0 Å². The first-order chi connectivity index (χ1) is 18.3. The van der Waals surface area contributed by atoms with Gasteiger partial charge in [-0.05, 0) is 51.5 Å². The number of aryl methyl sites for hydroxylation is 1. The van der Waals surface area contributed by atoms with E-state index in [9.17, 15) is 18.0 Å². The fourth-order valence-electron chi connectivity index (χ4n) is 4.48. The van der Waals surface area contributed by atoms with E-state index in [1.807, 2.05) is 13.8 Å². The number of carbonyl (C=O) groups excluding carboxylic acids is 1. The van der Waals surface area contributed by atoms with Gasteiger partial charge in [0.1, 0.15) is 23.5 Å². The second kappa shape index (κ2) is 9.58. The van der Waals surface area contributed by atoms with Crippen molar-refractivity contribution < 1.29 is 22.7 Å². The third-order valence-electron chi connectivity index (χ3n) is 6.73. The molecule has 0 bridgehead atoms. The molecule has 0 saturated heterocycles. The number of nitrogens with zero attached hydrogens (tertiary/aromatic N) is 7. The van der Waals surface area contributed by atoms with Gasteiger partial charge in [0.05, 0.1) is 17.0 Å². The van der Waals surface area contributed by atoms with Crippen LogP contribution >= 0.6 is 0 Å². The van der Waals surface area contributed by atoms with Gasteiger partial charge in [0.25, 0.3) is 0 Å². The highest BCUT2D eigenvalue weighted by Crippen LogP contribution is 2.35. The van der Waals surface area contributed by atoms with E-state index in [2.05, 4.69) is 40.3 Å². The number of carbonyl (C=O) groups is 1. The van der Waals surface area contributed by atoms with Crippen LogP contribution in [0.4, 0.5) is 23.8 Å². The molecule has 0 fully saturated rings. The predicted octanol–water partition coefficient (Wildman–Crippen LogP) is 4.73. The maximum absolute atomic E-state index is 13.3. The molecule has 2 N–H and O–H groups in total. The molecule has 5 rings (SSSR count). The highest BCUT2D eigenvalue weighted by molar-refractivity contribution is 5.85. The van der Waals surface area contributed by atoms with E-state index in [1.54, 1.807) is 19.3 Å². The van der Waals surface area contributed by atoms with Crippen LogP contribution in [-0.2, 0) is 17.6 Å². The third kappa shape index (κ3) is 5.02. The number of aromatic nitrogens is 8. The first-order valence-corrected chi connectivity index (χ1v) is 12.5. The Labute approximate surface area is 221 Å². The van der Waals surface area contributed by atoms with Crippen LogP contribution in [0.5, 0.6) is 0 Å². The molecule has 11 nitrogen and oxygen atoms in total. The van der Waals surface area contributed by atoms with Crippen LogP contribution in [0.25, 0.3) is 22.6 Å². The zero-order valence-corrected chi connectivity index (χ0v) is 22.1. The predicted molar refractivity (Wildman–Crippen MR) is 135 cm³/mol. The largest absolute Gasteiger partial charge is 0.435 e. The van der Waals surface area contributed by atoms with Crippen LogP contribution in [0.1, 0.15) is 62.8 Å². The molecule has 206 valence electrons. The van der Waals surface area contributed by atoms with Crippen LogP contribution in [0, 0.1) is 6.92 Å². The molecule has 1 atom stereocenters. The van der Waals surface area contributed by atoms with Crippen molar-refractivity contribution >= 4 is 23.1 Å². The first kappa shape index (κ1) is 26.5. The van der Waals surface area contributed by atoms with Crippen molar-refractivity contribution in [2.45, 2.75) is 77.6 Å². The molecule has 1 aliphatic carbocycles. The Morgan fingerprint density at radius 2 is 1.90 bits per heavy atom. The van der Waals surface area contributed by atoms with Crippen molar-refractivity contribution in [1.82, 2.24) is 39.7 Å². The van der Waals surface area contributed by atoms with Crippen LogP contribution < -0.4 is 5.32 Å². The maximum Gasteiger partial charge on any atom is 0.435 e. The number of imidazole rings is 1. The van der Waals surface area contributed by atoms with Gasteiger partial charge in [0.2, 0.25) is 5.60 Å². The monoisotopic (exact) mass is 543 g/mol. The molecule has 4 aromatic heterocycles. The second-order valence-corrected chi connectivity index (χ2v) is 10.4. The quantitative estimate of drug-likeness (QED) is 0.366. The Hall–Kier alpha value is -4.10. The van der Waals surface area contributed by atoms with Gasteiger partial charge >= 0.3 is 12.3 Å². The molecule has 14 heteroatoms. The molecular weight excluding hydrogens is 515 g/mol. The molecule has 39 heavy (non-hydrogen) atoms. The van der Waals surface area contributed by atoms with Crippen molar-refractivity contribution in [3.05, 3.63) is 41.5 Å². The lowest BCUT2D eigenvalue weighted by atomic mass is 9.89. The lowest BCUT2D eigenvalue weighted by Gasteiger charge is -2.28. The fraction of sp³-hybridized carbons (Fsp3) is 0.480. The van der Waals surface area contributed by atoms with Gasteiger partial charge in [-0.25, -0.2) is 29.7 Å². The molecule has 0 radical (unpaired) electrons. The smallest absolute Gasteiger partial charge is 0.432 e. The van der Waals surface area contributed by atoms with Crippen LogP contribution in [0.3, 0.4) is 0 Å². The lowest BCUT2D eigenvalue weighted by molar-refractivity contribution is -0.244. The van der Waals surface area contributed by atoms with Gasteiger partial charge in [-0.3, -0.25) is 0 Å². The summed E-state index contributed by atoms with van der Waals surface area (Å²) < 4.78 is 45.8. The van der Waals surface area contributed by atoms with E-state index in [4.69, 9.17) is 4.74 Å². The van der Waals surface area contributed by atoms with Crippen LogP contribution in [0.2, 0.25) is 0 Å². The number of H-pyrrole nitrogens is 1. The van der Waals surface area contributed by atoms with Crippen LogP contribution in [0.15, 0.2) is 18.7 Å². The average Bonchev–Trinajstić information content (AvgIpc) is 3.46. The number of anilines is 1. The minimum atomic E-state index is -4.71. The standard InChI is InChI=1S/C25H28F3N9O2/c1-12(2)18-16-8-15(6-7-17(16)37(36-18)23(38)39-24(4,5)25(26,27)28)33-21-19-22(32-11-31-21)35-20(34-19)14-9-29-13(3)30-10-14/h9-12,15H,6-8H2,1-5H3,(H2,31,32,33,34,35). The third-order valence-corrected chi connectivity index (χ3v) is 6.73. The number of alkyl halides is 3. The summed E-state index contributed by atoms with van der Waals surface area (Å²) in [4.78, 5) is 37.7. The topological polar surface area (TPSA) is 136 Å². The molecule has 0 saturated carbocycles. The van der Waals surface area contributed by atoms with Gasteiger partial charge in [0, 0.05) is 18.4 Å². The Bertz CT molecular complexity index is 1520. The number of halogens is 3. The van der Waals surface area contributed by atoms with E-state index in [0.29, 0.717) is 64.8 Å². The van der Waals surface area contributed by atoms with Gasteiger partial charge in [-0.1, -0.05) is 13.8 Å². The van der Waals surface area contributed by atoms with E-state index in [0.717, 1.165) is 24.1 Å². The van der Waals surface area contributed by atoms with Gasteiger partial charge < -0.3 is 15.0 Å². The molecule has 0 aliphatic heterocycles. The first-order valence-electron chi connectivity index (χ1n) is 12.5. The number of hydrogen-bond donors (Lipinski definition) is 2. The minimum absolute atomic E-state index is 0.0557. The summed E-state index contributed by atoms with van der Waals surface area (Å²) in [5.74, 6) is 1.71. The van der Waals surface area contributed by atoms with E-state index < -0.39 is 17.9 Å². The van der Waals surface area contributed by atoms with Crippen molar-refractivity contribution in [3.8, 4) is 11.4 Å². The zero-order chi connectivity index (χ0) is 28.1. The SMILES string of the molecule is Cc1ncc(-c2nc3ncnc(NC4CCc5c(c(C(C)C)nn5C(=O)OC(C)(C)C(F)(F)F)C4)c3[nH]2)cn1. The molecule has 4 aromatic rings. The summed E-state index contributed by atoms with van der Waals surface area (Å²) in [5.41, 5.74) is 1.20. The summed E-state index contributed by atoms with van der Waals surface area (Å²) in [6.07, 6.45) is 0.414. The number of hydrogen-bond acceptors (Lipinski definition) is 9. The number of rotatable bonds is 5. The minimum Gasteiger partial charge on any atom is -0.432 e. The lowest BCUT2D eigenvalue weighted by Crippen LogP contribution is -2.44. The molecule has 1 unspecified atom stereocenters. The second-order valence-electron chi connectivity index (χ2n) is 10.4. The van der Waals surface area contributed by atoms with Crippen molar-refractivity contribution in [2.75, 3.05) is 5.32 Å². The summed E-state index contributed by atoms with van der Waals surface area (Å²) in [7, 11) is 0. The number of ether oxygens (including phenoxy) is 1. The van der Waals surface area contributed by atoms with Crippen molar-refractivity contribution in [2.24, 2.45) is 0 Å². The summed E-state index contributed by atoms with van der Waals surface area (Å²) in [6, 6.07) is -0.0807. The molecule has 1 aliphatic rings. The van der Waals surface area contributed by atoms with Gasteiger partial charge in [-0.15, -0.1) is 0 Å². The Morgan fingerprint density at radius 3 is 2.56 bits per heavy atom. The van der Waals surface area contributed by atoms with E-state index in [-0.39, 0.29) is 12.0 Å². The summed E-state index contributed by atoms with van der Waals surface area (Å²) in [5, 5.41) is 7.83. The molecular formula is C25H28F3N9O2. The Kier molecular flexibility index (Phi) is 6.51. The Morgan fingerprint density at radius 1 is 1.18 bits per heavy atom.